The number of rotatable bonds is 6. The highest BCUT2D eigenvalue weighted by Crippen LogP contribution is 2.58. The van der Waals surface area contributed by atoms with Crippen LogP contribution in [0.4, 0.5) is 17.1 Å². The largest absolute Gasteiger partial charge is 0.310 e. The lowest BCUT2D eigenvalue weighted by Gasteiger charge is -2.33. The Morgan fingerprint density at radius 3 is 1.83 bits per heavy atom. The van der Waals surface area contributed by atoms with Crippen LogP contribution in [-0.4, -0.2) is 0 Å². The number of hydrogen-bond donors (Lipinski definition) is 0. The molecule has 2 aliphatic rings. The Kier molecular flexibility index (Phi) is 7.04. The molecule has 53 heavy (non-hydrogen) atoms. The minimum atomic E-state index is -0.525. The SMILES string of the molecule is CC1(C)c2ccccc2-c2c(N(c3ccc(-c4ccccc4)cc3)c3ccc4c(c3)-c3ccccc3C4(c3c#cccc3)c3ccccc3)cccc21. The van der Waals surface area contributed by atoms with E-state index in [1.54, 1.807) is 0 Å². The normalized spacial score (nSPS) is 14.0. The standard InChI is InChI=1S/C52H37N/c1-51(2)45-25-14-13-24-43(45)50-48(51)27-16-28-49(50)53(40-31-29-37(30-32-40)36-17-6-3-7-18-36)41-33-34-47-44(35-41)42-23-12-15-26-46(42)52(47,38-19-8-4-9-20-38)39-21-10-5-11-22-39/h3-10,12-21,23-35H,1-2H3. The monoisotopic (exact) mass is 675 g/mol. The van der Waals surface area contributed by atoms with Gasteiger partial charge < -0.3 is 4.90 Å². The number of anilines is 3. The number of hydrogen-bond acceptors (Lipinski definition) is 1. The van der Waals surface area contributed by atoms with Crippen LogP contribution >= 0.6 is 0 Å². The molecule has 0 amide bonds. The molecule has 1 nitrogen and oxygen atoms in total. The van der Waals surface area contributed by atoms with Crippen molar-refractivity contribution in [2.45, 2.75) is 24.7 Å². The van der Waals surface area contributed by atoms with E-state index in [9.17, 15) is 0 Å². The van der Waals surface area contributed by atoms with Crippen LogP contribution in [0.5, 0.6) is 0 Å². The van der Waals surface area contributed by atoms with Crippen molar-refractivity contribution in [2.24, 2.45) is 0 Å². The molecule has 1 heteroatoms. The van der Waals surface area contributed by atoms with Gasteiger partial charge in [0.2, 0.25) is 0 Å². The molecule has 0 heterocycles. The summed E-state index contributed by atoms with van der Waals surface area (Å²) in [6.07, 6.45) is 0. The molecule has 250 valence electrons. The molecule has 0 saturated heterocycles. The van der Waals surface area contributed by atoms with Crippen LogP contribution in [0.25, 0.3) is 33.4 Å². The molecule has 0 fully saturated rings. The summed E-state index contributed by atoms with van der Waals surface area (Å²) < 4.78 is 0. The van der Waals surface area contributed by atoms with Crippen molar-refractivity contribution in [3.8, 4) is 33.4 Å². The van der Waals surface area contributed by atoms with Crippen molar-refractivity contribution < 1.29 is 0 Å². The molecular weight excluding hydrogens is 639 g/mol. The van der Waals surface area contributed by atoms with Crippen molar-refractivity contribution in [3.63, 3.8) is 0 Å². The van der Waals surface area contributed by atoms with Gasteiger partial charge in [-0.05, 0) is 98.1 Å². The van der Waals surface area contributed by atoms with E-state index in [4.69, 9.17) is 0 Å². The quantitative estimate of drug-likeness (QED) is 0.170. The first kappa shape index (κ1) is 31.1. The Hall–Kier alpha value is -6.62. The van der Waals surface area contributed by atoms with Crippen LogP contribution in [0.3, 0.4) is 0 Å². The molecule has 0 spiro atoms. The summed E-state index contributed by atoms with van der Waals surface area (Å²) in [7, 11) is 0. The maximum atomic E-state index is 3.55. The van der Waals surface area contributed by atoms with E-state index in [1.165, 1.54) is 66.9 Å². The first-order valence-electron chi connectivity index (χ1n) is 18.4. The van der Waals surface area contributed by atoms with E-state index in [2.05, 4.69) is 213 Å². The van der Waals surface area contributed by atoms with Gasteiger partial charge in [-0.25, -0.2) is 0 Å². The molecule has 0 aliphatic heterocycles. The zero-order valence-corrected chi connectivity index (χ0v) is 29.8. The Balaban J connectivity index is 1.23. The minimum Gasteiger partial charge on any atom is -0.310 e. The molecule has 1 unspecified atom stereocenters. The van der Waals surface area contributed by atoms with Gasteiger partial charge in [0.1, 0.15) is 0 Å². The van der Waals surface area contributed by atoms with Crippen molar-refractivity contribution in [2.75, 3.05) is 4.90 Å². The third-order valence-electron chi connectivity index (χ3n) is 11.6. The molecule has 8 aromatic rings. The zero-order chi connectivity index (χ0) is 35.6. The van der Waals surface area contributed by atoms with Crippen molar-refractivity contribution in [1.82, 2.24) is 0 Å². The van der Waals surface area contributed by atoms with Gasteiger partial charge in [0.05, 0.1) is 11.1 Å². The second-order valence-electron chi connectivity index (χ2n) is 14.7. The maximum absolute atomic E-state index is 3.55. The van der Waals surface area contributed by atoms with Gasteiger partial charge in [0, 0.05) is 27.9 Å². The first-order valence-corrected chi connectivity index (χ1v) is 18.4. The van der Waals surface area contributed by atoms with E-state index in [-0.39, 0.29) is 5.41 Å². The van der Waals surface area contributed by atoms with Crippen molar-refractivity contribution in [3.05, 3.63) is 234 Å². The number of fused-ring (bicyclic) bond motifs is 6. The zero-order valence-electron chi connectivity index (χ0n) is 29.8. The van der Waals surface area contributed by atoms with Gasteiger partial charge in [-0.2, -0.15) is 0 Å². The molecule has 0 aromatic heterocycles. The highest BCUT2D eigenvalue weighted by atomic mass is 15.1. The topological polar surface area (TPSA) is 3.24 Å². The van der Waals surface area contributed by atoms with Gasteiger partial charge in [-0.1, -0.05) is 172 Å². The third kappa shape index (κ3) is 4.59. The summed E-state index contributed by atoms with van der Waals surface area (Å²) in [5.74, 6) is 0. The first-order chi connectivity index (χ1) is 26.1. The van der Waals surface area contributed by atoms with Gasteiger partial charge in [-0.3, -0.25) is 0 Å². The summed E-state index contributed by atoms with van der Waals surface area (Å²) in [5, 5.41) is 0. The van der Waals surface area contributed by atoms with E-state index in [1.807, 2.05) is 6.07 Å². The predicted octanol–water partition coefficient (Wildman–Crippen LogP) is 13.1. The molecular formula is C52H37N. The molecule has 1 atom stereocenters. The fourth-order valence-corrected chi connectivity index (χ4v) is 9.21. The highest BCUT2D eigenvalue weighted by molar-refractivity contribution is 5.97. The van der Waals surface area contributed by atoms with Crippen LogP contribution in [-0.2, 0) is 10.8 Å². The summed E-state index contributed by atoms with van der Waals surface area (Å²) in [5.41, 5.74) is 17.8. The fraction of sp³-hybridized carbons (Fsp3) is 0.0769. The van der Waals surface area contributed by atoms with E-state index in [0.29, 0.717) is 0 Å². The molecule has 0 N–H and O–H groups in total. The second-order valence-corrected chi connectivity index (χ2v) is 14.7. The molecule has 10 rings (SSSR count). The van der Waals surface area contributed by atoms with Gasteiger partial charge in [0.25, 0.3) is 0 Å². The highest BCUT2D eigenvalue weighted by Gasteiger charge is 2.47. The van der Waals surface area contributed by atoms with E-state index in [0.717, 1.165) is 16.9 Å². The average molecular weight is 676 g/mol. The number of benzene rings is 7. The van der Waals surface area contributed by atoms with E-state index < -0.39 is 5.41 Å². The third-order valence-corrected chi connectivity index (χ3v) is 11.6. The molecule has 0 saturated carbocycles. The Morgan fingerprint density at radius 1 is 0.453 bits per heavy atom. The van der Waals surface area contributed by atoms with E-state index >= 15 is 0 Å². The molecule has 2 aliphatic carbocycles. The van der Waals surface area contributed by atoms with Gasteiger partial charge >= 0.3 is 0 Å². The lowest BCUT2D eigenvalue weighted by Crippen LogP contribution is -2.28. The van der Waals surface area contributed by atoms with Crippen LogP contribution in [0, 0.1) is 12.1 Å². The van der Waals surface area contributed by atoms with Crippen molar-refractivity contribution >= 4 is 17.1 Å². The molecule has 0 bridgehead atoms. The fourth-order valence-electron chi connectivity index (χ4n) is 9.21. The van der Waals surface area contributed by atoms with Gasteiger partial charge in [0.15, 0.2) is 0 Å². The smallest absolute Gasteiger partial charge is 0.0792 e. The lowest BCUT2D eigenvalue weighted by molar-refractivity contribution is 0.660. The van der Waals surface area contributed by atoms with Crippen LogP contribution < -0.4 is 4.90 Å². The van der Waals surface area contributed by atoms with Crippen LogP contribution in [0.2, 0.25) is 0 Å². The minimum absolute atomic E-state index is 0.111. The number of nitrogens with zero attached hydrogens (tertiary/aromatic N) is 1. The van der Waals surface area contributed by atoms with Gasteiger partial charge in [-0.15, -0.1) is 0 Å². The maximum Gasteiger partial charge on any atom is 0.0792 e. The lowest BCUT2D eigenvalue weighted by atomic mass is 9.68. The summed E-state index contributed by atoms with van der Waals surface area (Å²) in [6.45, 7) is 4.71. The second kappa shape index (κ2) is 12.0. The Labute approximate surface area is 312 Å². The Bertz CT molecular complexity index is 2580. The summed E-state index contributed by atoms with van der Waals surface area (Å²) in [4.78, 5) is 2.47. The van der Waals surface area contributed by atoms with Crippen LogP contribution in [0.1, 0.15) is 47.2 Å². The average Bonchev–Trinajstić information content (AvgIpc) is 3.65. The van der Waals surface area contributed by atoms with Crippen molar-refractivity contribution in [1.29, 1.82) is 0 Å². The molecule has 0 radical (unpaired) electrons. The predicted molar refractivity (Wildman–Crippen MR) is 219 cm³/mol. The molecule has 8 aromatic carbocycles. The van der Waals surface area contributed by atoms with Crippen LogP contribution in [0.15, 0.2) is 188 Å². The summed E-state index contributed by atoms with van der Waals surface area (Å²) in [6, 6.07) is 75.5. The summed E-state index contributed by atoms with van der Waals surface area (Å²) >= 11 is 0. The Morgan fingerprint density at radius 2 is 1.08 bits per heavy atom.